The summed E-state index contributed by atoms with van der Waals surface area (Å²) in [4.78, 5) is 14.0. The Hall–Kier alpha value is -0.580. The Labute approximate surface area is 107 Å². The Morgan fingerprint density at radius 1 is 1.50 bits per heavy atom. The lowest BCUT2D eigenvalue weighted by molar-refractivity contribution is -0.858. The van der Waals surface area contributed by atoms with Gasteiger partial charge >= 0.3 is 0 Å². The van der Waals surface area contributed by atoms with Crippen LogP contribution in [0, 0.1) is 0 Å². The number of hydrogen-bond acceptors (Lipinski definition) is 2. The fourth-order valence-corrected chi connectivity index (χ4v) is 2.01. The summed E-state index contributed by atoms with van der Waals surface area (Å²) >= 11 is 1.63. The molecule has 16 heavy (non-hydrogen) atoms. The normalized spacial score (nSPS) is 9.94. The van der Waals surface area contributed by atoms with Crippen LogP contribution < -0.4 is 22.6 Å². The van der Waals surface area contributed by atoms with Crippen LogP contribution in [-0.4, -0.2) is 33.1 Å². The van der Waals surface area contributed by atoms with Crippen molar-refractivity contribution >= 4 is 17.2 Å². The molecule has 1 rings (SSSR count). The van der Waals surface area contributed by atoms with E-state index in [0.717, 1.165) is 24.4 Å². The minimum Gasteiger partial charge on any atom is -1.00 e. The summed E-state index contributed by atoms with van der Waals surface area (Å²) in [5, 5.41) is 4.93. The number of hydrogen-bond donors (Lipinski definition) is 2. The molecule has 0 radical (unpaired) electrons. The van der Waals surface area contributed by atoms with E-state index >= 15 is 0 Å². The fourth-order valence-electron chi connectivity index (χ4n) is 1.30. The predicted molar refractivity (Wildman–Crippen MR) is 63.3 cm³/mol. The van der Waals surface area contributed by atoms with Gasteiger partial charge in [0.25, 0.3) is 0 Å². The molecular weight excluding hydrogens is 244 g/mol. The van der Waals surface area contributed by atoms with Crippen LogP contribution in [0.15, 0.2) is 17.5 Å². The molecule has 0 unspecified atom stereocenters. The maximum atomic E-state index is 11.4. The molecule has 1 heterocycles. The molecular formula is C11H19ClN2OS. The van der Waals surface area contributed by atoms with E-state index in [1.807, 2.05) is 17.5 Å². The summed E-state index contributed by atoms with van der Waals surface area (Å²) in [7, 11) is 4.24. The molecule has 0 aromatic carbocycles. The van der Waals surface area contributed by atoms with Crippen LogP contribution in [0.25, 0.3) is 0 Å². The zero-order valence-corrected chi connectivity index (χ0v) is 11.3. The summed E-state index contributed by atoms with van der Waals surface area (Å²) in [5.41, 5.74) is 0. The maximum absolute atomic E-state index is 11.4. The molecule has 92 valence electrons. The monoisotopic (exact) mass is 262 g/mol. The fraction of sp³-hybridized carbons (Fsp3) is 0.545. The van der Waals surface area contributed by atoms with E-state index in [1.54, 1.807) is 11.3 Å². The summed E-state index contributed by atoms with van der Waals surface area (Å²) in [6.07, 6.45) is 1.56. The molecule has 0 saturated carbocycles. The van der Waals surface area contributed by atoms with E-state index in [1.165, 1.54) is 4.90 Å². The van der Waals surface area contributed by atoms with Gasteiger partial charge in [0, 0.05) is 17.8 Å². The van der Waals surface area contributed by atoms with Crippen molar-refractivity contribution in [2.75, 3.05) is 27.2 Å². The first-order valence-electron chi connectivity index (χ1n) is 5.26. The van der Waals surface area contributed by atoms with Gasteiger partial charge < -0.3 is 22.6 Å². The van der Waals surface area contributed by atoms with Gasteiger partial charge in [0.15, 0.2) is 0 Å². The number of rotatable bonds is 6. The second-order valence-corrected chi connectivity index (χ2v) is 4.95. The molecule has 1 aromatic rings. The van der Waals surface area contributed by atoms with E-state index in [-0.39, 0.29) is 18.3 Å². The van der Waals surface area contributed by atoms with Crippen LogP contribution in [0.4, 0.5) is 0 Å². The van der Waals surface area contributed by atoms with E-state index in [0.29, 0.717) is 6.42 Å². The lowest BCUT2D eigenvalue weighted by Gasteiger charge is -2.07. The Balaban J connectivity index is 0.00000225. The highest BCUT2D eigenvalue weighted by atomic mass is 35.5. The Bertz CT molecular complexity index is 288. The molecule has 2 N–H and O–H groups in total. The van der Waals surface area contributed by atoms with Crippen LogP contribution >= 0.6 is 11.3 Å². The average Bonchev–Trinajstić information content (AvgIpc) is 2.64. The van der Waals surface area contributed by atoms with Crippen LogP contribution in [0.2, 0.25) is 0 Å². The Morgan fingerprint density at radius 3 is 2.81 bits per heavy atom. The maximum Gasteiger partial charge on any atom is 0.225 e. The number of amides is 1. The highest BCUT2D eigenvalue weighted by molar-refractivity contribution is 7.10. The summed E-state index contributed by atoms with van der Waals surface area (Å²) in [5.74, 6) is 0.131. The van der Waals surface area contributed by atoms with Gasteiger partial charge in [-0.3, -0.25) is 4.79 Å². The first-order valence-corrected chi connectivity index (χ1v) is 6.14. The second-order valence-electron chi connectivity index (χ2n) is 3.92. The van der Waals surface area contributed by atoms with Gasteiger partial charge in [-0.1, -0.05) is 6.07 Å². The topological polar surface area (TPSA) is 33.5 Å². The molecule has 5 heteroatoms. The number of halogens is 1. The van der Waals surface area contributed by atoms with Gasteiger partial charge in [-0.05, 0) is 11.4 Å². The minimum absolute atomic E-state index is 0. The van der Waals surface area contributed by atoms with Gasteiger partial charge in [0.2, 0.25) is 5.91 Å². The van der Waals surface area contributed by atoms with Crippen LogP contribution in [0.5, 0.6) is 0 Å². The van der Waals surface area contributed by atoms with E-state index in [4.69, 9.17) is 0 Å². The molecule has 0 aliphatic rings. The molecule has 1 aromatic heterocycles. The van der Waals surface area contributed by atoms with E-state index < -0.39 is 0 Å². The van der Waals surface area contributed by atoms with Gasteiger partial charge in [-0.25, -0.2) is 0 Å². The predicted octanol–water partition coefficient (Wildman–Crippen LogP) is -3.05. The lowest BCUT2D eigenvalue weighted by atomic mass is 10.3. The minimum atomic E-state index is 0. The molecule has 1 amide bonds. The molecule has 0 aliphatic heterocycles. The Morgan fingerprint density at radius 2 is 2.25 bits per heavy atom. The highest BCUT2D eigenvalue weighted by Crippen LogP contribution is 2.08. The van der Waals surface area contributed by atoms with Crippen LogP contribution in [0.1, 0.15) is 11.3 Å². The number of nitrogens with one attached hydrogen (secondary N) is 2. The van der Waals surface area contributed by atoms with E-state index in [9.17, 15) is 4.79 Å². The largest absolute Gasteiger partial charge is 1.00 e. The number of carbonyl (C=O) groups is 1. The third-order valence-corrected chi connectivity index (χ3v) is 2.97. The number of carbonyl (C=O) groups excluding carboxylic acids is 1. The lowest BCUT2D eigenvalue weighted by Crippen LogP contribution is -3.05. The zero-order valence-electron chi connectivity index (χ0n) is 9.75. The van der Waals surface area contributed by atoms with Gasteiger partial charge in [0.05, 0.1) is 27.1 Å². The summed E-state index contributed by atoms with van der Waals surface area (Å²) in [6, 6.07) is 3.97. The second kappa shape index (κ2) is 8.56. The molecule has 0 spiro atoms. The van der Waals surface area contributed by atoms with Crippen molar-refractivity contribution in [3.05, 3.63) is 22.4 Å². The molecule has 0 fully saturated rings. The van der Waals surface area contributed by atoms with Gasteiger partial charge in [-0.2, -0.15) is 0 Å². The summed E-state index contributed by atoms with van der Waals surface area (Å²) in [6.45, 7) is 1.88. The first kappa shape index (κ1) is 15.4. The molecule has 0 aliphatic carbocycles. The molecule has 3 nitrogen and oxygen atoms in total. The van der Waals surface area contributed by atoms with E-state index in [2.05, 4.69) is 19.4 Å². The molecule has 0 atom stereocenters. The molecule has 0 saturated heterocycles. The smallest absolute Gasteiger partial charge is 0.225 e. The summed E-state index contributed by atoms with van der Waals surface area (Å²) < 4.78 is 0. The van der Waals surface area contributed by atoms with Crippen LogP contribution in [-0.2, 0) is 11.2 Å². The third kappa shape index (κ3) is 6.82. The molecule has 0 bridgehead atoms. The van der Waals surface area contributed by atoms with Crippen molar-refractivity contribution in [3.63, 3.8) is 0 Å². The standard InChI is InChI=1S/C11H18N2OS.ClH/c1-13(2)7-4-6-12-11(14)9-10-5-3-8-15-10;/h3,5,8H,4,6-7,9H2,1-2H3,(H,12,14);1H. The quantitative estimate of drug-likeness (QED) is 0.525. The van der Waals surface area contributed by atoms with Crippen molar-refractivity contribution < 1.29 is 22.1 Å². The SMILES string of the molecule is C[NH+](C)CCCNC(=O)Cc1cccs1.[Cl-]. The van der Waals surface area contributed by atoms with Crippen LogP contribution in [0.3, 0.4) is 0 Å². The van der Waals surface area contributed by atoms with Crippen molar-refractivity contribution in [2.45, 2.75) is 12.8 Å². The average molecular weight is 263 g/mol. The zero-order chi connectivity index (χ0) is 11.1. The van der Waals surface area contributed by atoms with Gasteiger partial charge in [-0.15, -0.1) is 11.3 Å². The number of quaternary nitrogens is 1. The number of thiophene rings is 1. The Kier molecular flexibility index (Phi) is 8.25. The van der Waals surface area contributed by atoms with Crippen molar-refractivity contribution in [1.82, 2.24) is 5.32 Å². The van der Waals surface area contributed by atoms with Crippen molar-refractivity contribution in [3.8, 4) is 0 Å². The first-order chi connectivity index (χ1) is 7.18. The van der Waals surface area contributed by atoms with Gasteiger partial charge in [0.1, 0.15) is 0 Å². The third-order valence-electron chi connectivity index (χ3n) is 2.09. The van der Waals surface area contributed by atoms with Crippen molar-refractivity contribution in [2.24, 2.45) is 0 Å². The highest BCUT2D eigenvalue weighted by Gasteiger charge is 2.03. The van der Waals surface area contributed by atoms with Crippen molar-refractivity contribution in [1.29, 1.82) is 0 Å².